The number of aryl methyl sites for hydroxylation is 1. The Kier molecular flexibility index (Phi) is 5.06. The van der Waals surface area contributed by atoms with Crippen LogP contribution in [0.2, 0.25) is 0 Å². The number of aliphatic hydroxyl groups is 1. The molecular weight excluding hydrogens is 357 g/mol. The number of pyridine rings is 1. The molecular formula is C22H26FN3O2. The molecule has 0 saturated carbocycles. The van der Waals surface area contributed by atoms with Crippen LogP contribution in [0.3, 0.4) is 0 Å². The fraction of sp³-hybridized carbons (Fsp3) is 0.455. The highest BCUT2D eigenvalue weighted by molar-refractivity contribution is 5.77. The minimum Gasteiger partial charge on any atom is -0.374 e. The van der Waals surface area contributed by atoms with Gasteiger partial charge in [0.05, 0.1) is 6.04 Å². The number of amides is 1. The van der Waals surface area contributed by atoms with Gasteiger partial charge in [-0.1, -0.05) is 13.0 Å². The number of hydrogen-bond acceptors (Lipinski definition) is 4. The zero-order valence-corrected chi connectivity index (χ0v) is 16.3. The van der Waals surface area contributed by atoms with Crippen molar-refractivity contribution in [3.63, 3.8) is 0 Å². The van der Waals surface area contributed by atoms with Gasteiger partial charge in [-0.2, -0.15) is 0 Å². The van der Waals surface area contributed by atoms with E-state index in [9.17, 15) is 14.3 Å². The molecule has 1 aliphatic carbocycles. The lowest BCUT2D eigenvalue weighted by molar-refractivity contribution is -0.122. The van der Waals surface area contributed by atoms with Crippen LogP contribution >= 0.6 is 0 Å². The molecule has 1 aromatic carbocycles. The normalized spacial score (nSPS) is 23.7. The Balaban J connectivity index is 1.74. The molecule has 1 aliphatic heterocycles. The van der Waals surface area contributed by atoms with Gasteiger partial charge in [0.25, 0.3) is 0 Å². The lowest BCUT2D eigenvalue weighted by Crippen LogP contribution is -2.37. The third kappa shape index (κ3) is 3.26. The first-order valence-corrected chi connectivity index (χ1v) is 9.94. The highest BCUT2D eigenvalue weighted by Gasteiger charge is 2.32. The van der Waals surface area contributed by atoms with E-state index in [0.717, 1.165) is 34.4 Å². The molecule has 0 fully saturated rings. The molecule has 0 radical (unpaired) electrons. The third-order valence-corrected chi connectivity index (χ3v) is 5.98. The maximum Gasteiger partial charge on any atom is 0.220 e. The van der Waals surface area contributed by atoms with Crippen molar-refractivity contribution < 1.29 is 14.3 Å². The molecule has 2 N–H and O–H groups in total. The number of halogens is 1. The molecule has 2 aliphatic rings. The van der Waals surface area contributed by atoms with E-state index in [0.29, 0.717) is 25.7 Å². The van der Waals surface area contributed by atoms with E-state index in [4.69, 9.17) is 0 Å². The first kappa shape index (κ1) is 18.9. The summed E-state index contributed by atoms with van der Waals surface area (Å²) in [7, 11) is 1.90. The van der Waals surface area contributed by atoms with Gasteiger partial charge in [-0.25, -0.2) is 4.39 Å². The van der Waals surface area contributed by atoms with E-state index in [1.165, 1.54) is 5.56 Å². The van der Waals surface area contributed by atoms with Crippen molar-refractivity contribution in [2.24, 2.45) is 0 Å². The smallest absolute Gasteiger partial charge is 0.220 e. The van der Waals surface area contributed by atoms with E-state index in [1.54, 1.807) is 13.1 Å². The second-order valence-corrected chi connectivity index (χ2v) is 7.68. The van der Waals surface area contributed by atoms with E-state index < -0.39 is 18.4 Å². The van der Waals surface area contributed by atoms with Gasteiger partial charge >= 0.3 is 0 Å². The molecule has 1 aromatic heterocycles. The van der Waals surface area contributed by atoms with Crippen LogP contribution < -0.4 is 10.2 Å². The van der Waals surface area contributed by atoms with Gasteiger partial charge in [0.2, 0.25) is 5.91 Å². The van der Waals surface area contributed by atoms with Gasteiger partial charge in [0, 0.05) is 37.1 Å². The van der Waals surface area contributed by atoms with Crippen molar-refractivity contribution in [3.8, 4) is 11.1 Å². The minimum absolute atomic E-state index is 0.152. The first-order chi connectivity index (χ1) is 13.5. The number of benzene rings is 1. The average Bonchev–Trinajstić information content (AvgIpc) is 2.72. The Morgan fingerprint density at radius 1 is 1.32 bits per heavy atom. The summed E-state index contributed by atoms with van der Waals surface area (Å²) in [6.07, 6.45) is 4.84. The molecule has 1 amide bonds. The van der Waals surface area contributed by atoms with Crippen LogP contribution in [-0.4, -0.2) is 35.4 Å². The minimum atomic E-state index is -1.10. The van der Waals surface area contributed by atoms with Crippen LogP contribution in [0.1, 0.15) is 48.9 Å². The molecule has 0 spiro atoms. The van der Waals surface area contributed by atoms with Gasteiger partial charge in [-0.05, 0) is 60.1 Å². The van der Waals surface area contributed by atoms with Crippen LogP contribution in [-0.2, 0) is 17.6 Å². The highest BCUT2D eigenvalue weighted by atomic mass is 19.1. The number of hydrogen-bond donors (Lipinski definition) is 2. The summed E-state index contributed by atoms with van der Waals surface area (Å²) < 4.78 is 14.6. The van der Waals surface area contributed by atoms with Crippen molar-refractivity contribution in [1.29, 1.82) is 0 Å². The molecule has 0 bridgehead atoms. The van der Waals surface area contributed by atoms with Gasteiger partial charge in [-0.15, -0.1) is 0 Å². The number of carbonyl (C=O) groups excluding carboxylic acids is 1. The maximum atomic E-state index is 14.6. The summed E-state index contributed by atoms with van der Waals surface area (Å²) in [5, 5.41) is 12.9. The summed E-state index contributed by atoms with van der Waals surface area (Å²) in [5.74, 6) is -0.152. The quantitative estimate of drug-likeness (QED) is 0.854. The van der Waals surface area contributed by atoms with Crippen LogP contribution in [0, 0.1) is 0 Å². The number of carbonyl (C=O) groups is 1. The second kappa shape index (κ2) is 7.51. The molecule has 2 aromatic rings. The highest BCUT2D eigenvalue weighted by Crippen LogP contribution is 2.39. The molecule has 3 unspecified atom stereocenters. The SMILES string of the molecule is CCC(=O)NC1c2cncc(-c3ccc4c(c3)CCC(O)N4C)c2CCC1F. The standard InChI is InChI=1S/C22H26FN3O2/c1-3-20(27)25-22-17-12-24-11-16(15(17)6-7-18(22)23)13-4-8-19-14(10-13)5-9-21(28)26(19)2/h4,8,10-12,18,21-22,28H,3,5-7,9H2,1-2H3,(H,25,27). The molecule has 5 nitrogen and oxygen atoms in total. The van der Waals surface area contributed by atoms with E-state index in [2.05, 4.69) is 16.4 Å². The first-order valence-electron chi connectivity index (χ1n) is 9.94. The summed E-state index contributed by atoms with van der Waals surface area (Å²) in [4.78, 5) is 18.1. The summed E-state index contributed by atoms with van der Waals surface area (Å²) in [5.41, 5.74) is 6.12. The topological polar surface area (TPSA) is 65.5 Å². The Morgan fingerprint density at radius 3 is 2.93 bits per heavy atom. The summed E-state index contributed by atoms with van der Waals surface area (Å²) >= 11 is 0. The van der Waals surface area contributed by atoms with Crippen molar-refractivity contribution in [2.75, 3.05) is 11.9 Å². The number of nitrogens with zero attached hydrogens (tertiary/aromatic N) is 2. The molecule has 6 heteroatoms. The molecule has 28 heavy (non-hydrogen) atoms. The molecule has 4 rings (SSSR count). The number of fused-ring (bicyclic) bond motifs is 2. The van der Waals surface area contributed by atoms with E-state index >= 15 is 0 Å². The fourth-order valence-electron chi connectivity index (χ4n) is 4.32. The zero-order valence-electron chi connectivity index (χ0n) is 16.3. The average molecular weight is 383 g/mol. The number of rotatable bonds is 3. The van der Waals surface area contributed by atoms with Crippen LogP contribution in [0.5, 0.6) is 0 Å². The number of aliphatic hydroxyl groups excluding tert-OH is 1. The van der Waals surface area contributed by atoms with Crippen molar-refractivity contribution >= 4 is 11.6 Å². The number of nitrogens with one attached hydrogen (secondary N) is 1. The van der Waals surface area contributed by atoms with Crippen molar-refractivity contribution in [3.05, 3.63) is 47.3 Å². The Labute approximate surface area is 164 Å². The summed E-state index contributed by atoms with van der Waals surface area (Å²) in [6, 6.07) is 5.58. The summed E-state index contributed by atoms with van der Waals surface area (Å²) in [6.45, 7) is 1.77. The van der Waals surface area contributed by atoms with Crippen molar-refractivity contribution in [2.45, 2.75) is 57.5 Å². The third-order valence-electron chi connectivity index (χ3n) is 5.98. The number of anilines is 1. The Morgan fingerprint density at radius 2 is 2.14 bits per heavy atom. The second-order valence-electron chi connectivity index (χ2n) is 7.68. The molecule has 148 valence electrons. The Hall–Kier alpha value is -2.47. The lowest BCUT2D eigenvalue weighted by Gasteiger charge is -2.33. The van der Waals surface area contributed by atoms with Gasteiger partial charge in [0.1, 0.15) is 12.4 Å². The van der Waals surface area contributed by atoms with Crippen molar-refractivity contribution in [1.82, 2.24) is 10.3 Å². The zero-order chi connectivity index (χ0) is 19.8. The van der Waals surface area contributed by atoms with Gasteiger partial charge < -0.3 is 15.3 Å². The number of alkyl halides is 1. The van der Waals surface area contributed by atoms with Crippen LogP contribution in [0.4, 0.5) is 10.1 Å². The molecule has 2 heterocycles. The largest absolute Gasteiger partial charge is 0.374 e. The van der Waals surface area contributed by atoms with Crippen LogP contribution in [0.25, 0.3) is 11.1 Å². The Bertz CT molecular complexity index is 901. The molecule has 0 saturated heterocycles. The van der Waals surface area contributed by atoms with Gasteiger partial charge in [0.15, 0.2) is 0 Å². The molecule has 3 atom stereocenters. The monoisotopic (exact) mass is 383 g/mol. The van der Waals surface area contributed by atoms with E-state index in [-0.39, 0.29) is 5.91 Å². The van der Waals surface area contributed by atoms with Crippen LogP contribution in [0.15, 0.2) is 30.6 Å². The predicted molar refractivity (Wildman–Crippen MR) is 107 cm³/mol. The lowest BCUT2D eigenvalue weighted by atomic mass is 9.83. The van der Waals surface area contributed by atoms with E-state index in [1.807, 2.05) is 30.3 Å². The number of aromatic nitrogens is 1. The predicted octanol–water partition coefficient (Wildman–Crippen LogP) is 3.30. The fourth-order valence-corrected chi connectivity index (χ4v) is 4.32. The van der Waals surface area contributed by atoms with Gasteiger partial charge in [-0.3, -0.25) is 9.78 Å². The maximum absolute atomic E-state index is 14.6.